The van der Waals surface area contributed by atoms with Gasteiger partial charge in [0.05, 0.1) is 13.2 Å². The van der Waals surface area contributed by atoms with E-state index in [4.69, 9.17) is 4.74 Å². The van der Waals surface area contributed by atoms with Crippen molar-refractivity contribution in [3.63, 3.8) is 0 Å². The second-order valence-electron chi connectivity index (χ2n) is 3.67. The molecule has 0 aromatic heterocycles. The maximum absolute atomic E-state index is 11.0. The quantitative estimate of drug-likeness (QED) is 0.646. The summed E-state index contributed by atoms with van der Waals surface area (Å²) in [7, 11) is 0. The minimum atomic E-state index is -0.902. The van der Waals surface area contributed by atoms with Crippen molar-refractivity contribution in [3.8, 4) is 0 Å². The topological polar surface area (TPSA) is 46.5 Å². The molecule has 1 aliphatic rings. The van der Waals surface area contributed by atoms with Crippen molar-refractivity contribution < 1.29 is 14.6 Å². The van der Waals surface area contributed by atoms with Gasteiger partial charge in [0, 0.05) is 5.41 Å². The molecule has 0 spiro atoms. The molecule has 3 heteroatoms. The van der Waals surface area contributed by atoms with Gasteiger partial charge in [-0.15, -0.1) is 0 Å². The second-order valence-corrected chi connectivity index (χ2v) is 3.67. The van der Waals surface area contributed by atoms with E-state index in [1.165, 1.54) is 6.08 Å². The monoisotopic (exact) mass is 184 g/mol. The number of hydrogen-bond acceptors (Lipinski definition) is 3. The molecule has 0 aromatic rings. The molecule has 1 saturated heterocycles. The normalized spacial score (nSPS) is 21.7. The predicted molar refractivity (Wildman–Crippen MR) is 49.4 cm³/mol. The highest BCUT2D eigenvalue weighted by Crippen LogP contribution is 2.36. The SMILES string of the molecule is C=CC(=O)C(O)CC1(CC)COC1. The van der Waals surface area contributed by atoms with Crippen LogP contribution in [0, 0.1) is 5.41 Å². The lowest BCUT2D eigenvalue weighted by Crippen LogP contribution is -2.45. The summed E-state index contributed by atoms with van der Waals surface area (Å²) in [5.41, 5.74) is 0.0259. The van der Waals surface area contributed by atoms with E-state index in [9.17, 15) is 9.90 Å². The predicted octanol–water partition coefficient (Wildman–Crippen LogP) is 0.919. The minimum Gasteiger partial charge on any atom is -0.385 e. The Hall–Kier alpha value is -0.670. The van der Waals surface area contributed by atoms with Crippen LogP contribution in [0.5, 0.6) is 0 Å². The zero-order valence-corrected chi connectivity index (χ0v) is 7.95. The van der Waals surface area contributed by atoms with Crippen LogP contribution in [0.2, 0.25) is 0 Å². The van der Waals surface area contributed by atoms with Crippen LogP contribution in [-0.2, 0) is 9.53 Å². The van der Waals surface area contributed by atoms with Gasteiger partial charge in [0.15, 0.2) is 5.78 Å². The maximum atomic E-state index is 11.0. The Morgan fingerprint density at radius 2 is 2.38 bits per heavy atom. The average Bonchev–Trinajstić information content (AvgIpc) is 2.09. The van der Waals surface area contributed by atoms with Crippen LogP contribution in [0.15, 0.2) is 12.7 Å². The zero-order chi connectivity index (χ0) is 9.90. The summed E-state index contributed by atoms with van der Waals surface area (Å²) in [6, 6.07) is 0. The summed E-state index contributed by atoms with van der Waals surface area (Å²) in [5, 5.41) is 9.47. The van der Waals surface area contributed by atoms with Gasteiger partial charge in [-0.1, -0.05) is 13.5 Å². The molecule has 13 heavy (non-hydrogen) atoms. The minimum absolute atomic E-state index is 0.0259. The van der Waals surface area contributed by atoms with Crippen molar-refractivity contribution in [3.05, 3.63) is 12.7 Å². The molecule has 0 aromatic carbocycles. The highest BCUT2D eigenvalue weighted by atomic mass is 16.5. The van der Waals surface area contributed by atoms with Crippen molar-refractivity contribution in [1.82, 2.24) is 0 Å². The lowest BCUT2D eigenvalue weighted by molar-refractivity contribution is -0.144. The fourth-order valence-electron chi connectivity index (χ4n) is 1.50. The molecule has 3 nitrogen and oxygen atoms in total. The number of ether oxygens (including phenoxy) is 1. The third-order valence-electron chi connectivity index (χ3n) is 2.72. The summed E-state index contributed by atoms with van der Waals surface area (Å²) in [6.07, 6.45) is 1.71. The van der Waals surface area contributed by atoms with Crippen molar-refractivity contribution in [2.75, 3.05) is 13.2 Å². The summed E-state index contributed by atoms with van der Waals surface area (Å²) < 4.78 is 5.10. The van der Waals surface area contributed by atoms with E-state index in [2.05, 4.69) is 6.58 Å². The molecule has 1 heterocycles. The molecule has 74 valence electrons. The Balaban J connectivity index is 2.46. The Kier molecular flexibility index (Phi) is 3.22. The first-order chi connectivity index (χ1) is 6.13. The zero-order valence-electron chi connectivity index (χ0n) is 7.95. The molecule has 0 saturated carbocycles. The first-order valence-corrected chi connectivity index (χ1v) is 4.55. The van der Waals surface area contributed by atoms with E-state index in [1.54, 1.807) is 0 Å². The summed E-state index contributed by atoms with van der Waals surface area (Å²) in [6.45, 7) is 6.71. The molecular weight excluding hydrogens is 168 g/mol. The molecule has 0 amide bonds. The largest absolute Gasteiger partial charge is 0.385 e. The molecule has 1 fully saturated rings. The molecule has 1 atom stereocenters. The molecule has 1 unspecified atom stereocenters. The number of ketones is 1. The first kappa shape index (κ1) is 10.4. The number of carbonyl (C=O) groups excluding carboxylic acids is 1. The van der Waals surface area contributed by atoms with Gasteiger partial charge in [-0.05, 0) is 18.9 Å². The Labute approximate surface area is 78.4 Å². The van der Waals surface area contributed by atoms with Gasteiger partial charge in [-0.3, -0.25) is 4.79 Å². The highest BCUT2D eigenvalue weighted by Gasteiger charge is 2.39. The Morgan fingerprint density at radius 3 is 2.69 bits per heavy atom. The third kappa shape index (κ3) is 2.17. The highest BCUT2D eigenvalue weighted by molar-refractivity contribution is 5.92. The maximum Gasteiger partial charge on any atom is 0.183 e. The van der Waals surface area contributed by atoms with Gasteiger partial charge < -0.3 is 9.84 Å². The van der Waals surface area contributed by atoms with Crippen LogP contribution in [0.4, 0.5) is 0 Å². The van der Waals surface area contributed by atoms with Crippen LogP contribution in [0.1, 0.15) is 19.8 Å². The number of hydrogen-bond donors (Lipinski definition) is 1. The van der Waals surface area contributed by atoms with E-state index < -0.39 is 6.10 Å². The molecule has 0 radical (unpaired) electrons. The van der Waals surface area contributed by atoms with Crippen LogP contribution in [0.25, 0.3) is 0 Å². The molecule has 1 aliphatic heterocycles. The standard InChI is InChI=1S/C10H16O3/c1-3-8(11)9(12)5-10(4-2)6-13-7-10/h3,9,12H,1,4-7H2,2H3. The number of aliphatic hydroxyl groups excluding tert-OH is 1. The molecule has 1 N–H and O–H groups in total. The summed E-state index contributed by atoms with van der Waals surface area (Å²) in [5.74, 6) is -0.292. The molecular formula is C10H16O3. The number of carbonyl (C=O) groups is 1. The number of aliphatic hydroxyl groups is 1. The van der Waals surface area contributed by atoms with Crippen LogP contribution >= 0.6 is 0 Å². The average molecular weight is 184 g/mol. The van der Waals surface area contributed by atoms with E-state index >= 15 is 0 Å². The van der Waals surface area contributed by atoms with E-state index in [-0.39, 0.29) is 11.2 Å². The van der Waals surface area contributed by atoms with E-state index in [1.807, 2.05) is 6.92 Å². The van der Waals surface area contributed by atoms with E-state index in [0.29, 0.717) is 19.6 Å². The van der Waals surface area contributed by atoms with Crippen molar-refractivity contribution >= 4 is 5.78 Å². The van der Waals surface area contributed by atoms with Crippen molar-refractivity contribution in [1.29, 1.82) is 0 Å². The lowest BCUT2D eigenvalue weighted by Gasteiger charge is -2.41. The Morgan fingerprint density at radius 1 is 1.77 bits per heavy atom. The van der Waals surface area contributed by atoms with Gasteiger partial charge in [-0.2, -0.15) is 0 Å². The van der Waals surface area contributed by atoms with Gasteiger partial charge in [0.2, 0.25) is 0 Å². The van der Waals surface area contributed by atoms with Crippen LogP contribution < -0.4 is 0 Å². The van der Waals surface area contributed by atoms with Crippen LogP contribution in [-0.4, -0.2) is 30.2 Å². The van der Waals surface area contributed by atoms with Crippen molar-refractivity contribution in [2.24, 2.45) is 5.41 Å². The molecule has 0 aliphatic carbocycles. The van der Waals surface area contributed by atoms with Gasteiger partial charge in [0.25, 0.3) is 0 Å². The Bertz CT molecular complexity index is 201. The molecule has 0 bridgehead atoms. The fourth-order valence-corrected chi connectivity index (χ4v) is 1.50. The van der Waals surface area contributed by atoms with Gasteiger partial charge in [-0.25, -0.2) is 0 Å². The van der Waals surface area contributed by atoms with E-state index in [0.717, 1.165) is 6.42 Å². The fraction of sp³-hybridized carbons (Fsp3) is 0.700. The van der Waals surface area contributed by atoms with Gasteiger partial charge in [0.1, 0.15) is 6.10 Å². The lowest BCUT2D eigenvalue weighted by atomic mass is 9.77. The molecule has 1 rings (SSSR count). The second kappa shape index (κ2) is 4.03. The first-order valence-electron chi connectivity index (χ1n) is 4.55. The number of rotatable bonds is 5. The summed E-state index contributed by atoms with van der Waals surface area (Å²) >= 11 is 0. The van der Waals surface area contributed by atoms with Crippen LogP contribution in [0.3, 0.4) is 0 Å². The third-order valence-corrected chi connectivity index (χ3v) is 2.72. The smallest absolute Gasteiger partial charge is 0.183 e. The summed E-state index contributed by atoms with van der Waals surface area (Å²) in [4.78, 5) is 11.0. The van der Waals surface area contributed by atoms with Crippen molar-refractivity contribution in [2.45, 2.75) is 25.9 Å². The van der Waals surface area contributed by atoms with Gasteiger partial charge >= 0.3 is 0 Å².